The fourth-order valence-corrected chi connectivity index (χ4v) is 4.77. The molecule has 0 spiro atoms. The van der Waals surface area contributed by atoms with Gasteiger partial charge in [-0.05, 0) is 43.4 Å². The van der Waals surface area contributed by atoms with Crippen LogP contribution in [-0.4, -0.2) is 93.2 Å². The molecule has 7 atom stereocenters. The van der Waals surface area contributed by atoms with E-state index in [1.54, 1.807) is 27.7 Å². The maximum absolute atomic E-state index is 13.3. The Morgan fingerprint density at radius 2 is 0.956 bits per heavy atom. The van der Waals surface area contributed by atoms with Crippen LogP contribution >= 0.6 is 0 Å². The third kappa shape index (κ3) is 16.6. The number of carboxylic acid groups (broad SMARTS) is 1. The first-order valence-corrected chi connectivity index (χ1v) is 15.7. The molecule has 14 nitrogen and oxygen atoms in total. The minimum absolute atomic E-state index is 0.0185. The monoisotopic (exact) mass is 643 g/mol. The van der Waals surface area contributed by atoms with E-state index in [9.17, 15) is 39.0 Å². The van der Waals surface area contributed by atoms with E-state index in [2.05, 4.69) is 26.6 Å². The summed E-state index contributed by atoms with van der Waals surface area (Å²) < 4.78 is 0. The van der Waals surface area contributed by atoms with Gasteiger partial charge in [0.15, 0.2) is 0 Å². The lowest BCUT2D eigenvalue weighted by Crippen LogP contribution is -2.59. The molecule has 0 aliphatic carbocycles. The summed E-state index contributed by atoms with van der Waals surface area (Å²) in [4.78, 5) is 74.6. The lowest BCUT2D eigenvalue weighted by atomic mass is 9.95. The zero-order chi connectivity index (χ0) is 35.2. The van der Waals surface area contributed by atoms with Gasteiger partial charge in [0.1, 0.15) is 18.1 Å². The smallest absolute Gasteiger partial charge is 0.306 e. The highest BCUT2D eigenvalue weighted by atomic mass is 16.4. The van der Waals surface area contributed by atoms with Crippen molar-refractivity contribution in [2.45, 2.75) is 137 Å². The van der Waals surface area contributed by atoms with E-state index in [1.165, 1.54) is 13.8 Å². The summed E-state index contributed by atoms with van der Waals surface area (Å²) in [7, 11) is 0. The molecular weight excluding hydrogens is 586 g/mol. The average molecular weight is 644 g/mol. The van der Waals surface area contributed by atoms with Gasteiger partial charge in [0.25, 0.3) is 0 Å². The van der Waals surface area contributed by atoms with E-state index >= 15 is 0 Å². The van der Waals surface area contributed by atoms with E-state index in [0.29, 0.717) is 12.8 Å². The number of aliphatic hydroxyl groups excluding tert-OH is 2. The van der Waals surface area contributed by atoms with Crippen molar-refractivity contribution in [1.29, 1.82) is 0 Å². The van der Waals surface area contributed by atoms with E-state index < -0.39 is 84.9 Å². The van der Waals surface area contributed by atoms with Crippen molar-refractivity contribution in [3.63, 3.8) is 0 Å². The second kappa shape index (κ2) is 20.0. The molecule has 45 heavy (non-hydrogen) atoms. The van der Waals surface area contributed by atoms with Crippen molar-refractivity contribution in [3.05, 3.63) is 0 Å². The van der Waals surface area contributed by atoms with Gasteiger partial charge in [0, 0.05) is 6.92 Å². The summed E-state index contributed by atoms with van der Waals surface area (Å²) in [5, 5.41) is 43.5. The summed E-state index contributed by atoms with van der Waals surface area (Å²) in [6.45, 7) is 17.2. The van der Waals surface area contributed by atoms with Gasteiger partial charge in [-0.25, -0.2) is 0 Å². The van der Waals surface area contributed by atoms with Crippen molar-refractivity contribution >= 4 is 35.5 Å². The van der Waals surface area contributed by atoms with Crippen LogP contribution in [0.4, 0.5) is 0 Å². The molecule has 14 heteroatoms. The molecule has 5 amide bonds. The van der Waals surface area contributed by atoms with Crippen LogP contribution in [0.25, 0.3) is 0 Å². The minimum atomic E-state index is -1.33. The zero-order valence-corrected chi connectivity index (χ0v) is 28.5. The van der Waals surface area contributed by atoms with E-state index in [1.807, 2.05) is 27.7 Å². The molecule has 0 aromatic heterocycles. The van der Waals surface area contributed by atoms with Crippen molar-refractivity contribution in [2.75, 3.05) is 0 Å². The normalized spacial score (nSPS) is 16.3. The second-order valence-electron chi connectivity index (χ2n) is 13.4. The van der Waals surface area contributed by atoms with Gasteiger partial charge in [0.2, 0.25) is 29.5 Å². The number of rotatable bonds is 20. The number of hydrogen-bond donors (Lipinski definition) is 8. The largest absolute Gasteiger partial charge is 0.481 e. The molecule has 0 fully saturated rings. The van der Waals surface area contributed by atoms with Gasteiger partial charge < -0.3 is 41.9 Å². The molecule has 8 N–H and O–H groups in total. The van der Waals surface area contributed by atoms with Crippen LogP contribution in [0, 0.1) is 23.7 Å². The Bertz CT molecular complexity index is 1000. The van der Waals surface area contributed by atoms with Gasteiger partial charge in [-0.2, -0.15) is 0 Å². The van der Waals surface area contributed by atoms with Crippen LogP contribution in [0.1, 0.15) is 94.9 Å². The molecule has 1 unspecified atom stereocenters. The third-order valence-corrected chi connectivity index (χ3v) is 7.14. The molecule has 260 valence electrons. The number of amides is 5. The highest BCUT2D eigenvalue weighted by molar-refractivity contribution is 5.92. The number of carbonyl (C=O) groups is 6. The quantitative estimate of drug-likeness (QED) is 0.0920. The zero-order valence-electron chi connectivity index (χ0n) is 28.5. The predicted molar refractivity (Wildman–Crippen MR) is 168 cm³/mol. The first-order valence-electron chi connectivity index (χ1n) is 15.7. The summed E-state index contributed by atoms with van der Waals surface area (Å²) in [5.74, 6) is -4.48. The standard InChI is InChI=1S/C31H57N5O9/c1-15(2)11-21(35-30(44)28(18(7)8)36-31(45)27(17(5)6)33-20(10)37)23(38)13-25(40)32-19(9)29(43)34-22(12-16(3)4)24(39)14-26(41)42/h15-19,21-24,27-28,38-39H,11-14H2,1-10H3,(H,32,40)(H,33,37)(H,34,43)(H,35,44)(H,36,45)(H,41,42)/t19-,21?,22-,23-,24-,27-,28-/m0/s1. The van der Waals surface area contributed by atoms with Gasteiger partial charge in [-0.15, -0.1) is 0 Å². The van der Waals surface area contributed by atoms with Crippen LogP contribution in [0.2, 0.25) is 0 Å². The molecule has 0 aromatic rings. The number of carboxylic acids is 1. The number of aliphatic carboxylic acids is 1. The Balaban J connectivity index is 5.54. The Kier molecular flexibility index (Phi) is 18.5. The molecule has 0 saturated heterocycles. The summed E-state index contributed by atoms with van der Waals surface area (Å²) >= 11 is 0. The maximum Gasteiger partial charge on any atom is 0.306 e. The average Bonchev–Trinajstić information content (AvgIpc) is 2.87. The Labute approximate surface area is 267 Å². The van der Waals surface area contributed by atoms with Crippen LogP contribution in [0.5, 0.6) is 0 Å². The first-order chi connectivity index (χ1) is 20.7. The van der Waals surface area contributed by atoms with Crippen molar-refractivity contribution < 1.29 is 44.1 Å². The molecule has 0 saturated carbocycles. The Hall–Kier alpha value is -3.26. The SMILES string of the molecule is CC(=O)N[C@H](C(=O)N[C@H](C(=O)NC(CC(C)C)[C@@H](O)CC(=O)N[C@@H](C)C(=O)N[C@@H](CC(C)C)[C@@H](O)CC(=O)O)C(C)C)C(C)C. The molecule has 0 aliphatic rings. The third-order valence-electron chi connectivity index (χ3n) is 7.14. The Morgan fingerprint density at radius 3 is 1.36 bits per heavy atom. The van der Waals surface area contributed by atoms with E-state index in [4.69, 9.17) is 5.11 Å². The maximum atomic E-state index is 13.3. The van der Waals surface area contributed by atoms with Crippen LogP contribution in [-0.2, 0) is 28.8 Å². The topological polar surface area (TPSA) is 223 Å². The van der Waals surface area contributed by atoms with Crippen LogP contribution < -0.4 is 26.6 Å². The molecule has 0 aromatic carbocycles. The number of carbonyl (C=O) groups excluding carboxylic acids is 5. The van der Waals surface area contributed by atoms with Gasteiger partial charge >= 0.3 is 5.97 Å². The summed E-state index contributed by atoms with van der Waals surface area (Å²) in [5.41, 5.74) is 0. The van der Waals surface area contributed by atoms with Crippen LogP contribution in [0.15, 0.2) is 0 Å². The molecule has 0 rings (SSSR count). The lowest BCUT2D eigenvalue weighted by Gasteiger charge is -2.31. The van der Waals surface area contributed by atoms with Crippen molar-refractivity contribution in [3.8, 4) is 0 Å². The fraction of sp³-hybridized carbons (Fsp3) is 0.806. The Morgan fingerprint density at radius 1 is 0.556 bits per heavy atom. The molecule has 0 heterocycles. The summed E-state index contributed by atoms with van der Waals surface area (Å²) in [6, 6.07) is -4.59. The highest BCUT2D eigenvalue weighted by Crippen LogP contribution is 2.14. The number of aliphatic hydroxyl groups is 2. The summed E-state index contributed by atoms with van der Waals surface area (Å²) in [6.07, 6.45) is -3.01. The van der Waals surface area contributed by atoms with E-state index in [-0.39, 0.29) is 29.6 Å². The van der Waals surface area contributed by atoms with Gasteiger partial charge in [-0.1, -0.05) is 55.4 Å². The number of hydrogen-bond acceptors (Lipinski definition) is 8. The fourth-order valence-electron chi connectivity index (χ4n) is 4.77. The second-order valence-corrected chi connectivity index (χ2v) is 13.4. The molecular formula is C31H57N5O9. The van der Waals surface area contributed by atoms with Crippen LogP contribution in [0.3, 0.4) is 0 Å². The lowest BCUT2D eigenvalue weighted by molar-refractivity contribution is -0.140. The molecule has 0 aliphatic heterocycles. The van der Waals surface area contributed by atoms with Crippen molar-refractivity contribution in [1.82, 2.24) is 26.6 Å². The van der Waals surface area contributed by atoms with Gasteiger partial charge in [0.05, 0.1) is 37.1 Å². The predicted octanol–water partition coefficient (Wildman–Crippen LogP) is 0.441. The molecule has 0 bridgehead atoms. The van der Waals surface area contributed by atoms with E-state index in [0.717, 1.165) is 0 Å². The molecule has 0 radical (unpaired) electrons. The highest BCUT2D eigenvalue weighted by Gasteiger charge is 2.33. The minimum Gasteiger partial charge on any atom is -0.481 e. The van der Waals surface area contributed by atoms with Crippen molar-refractivity contribution in [2.24, 2.45) is 23.7 Å². The number of nitrogens with one attached hydrogen (secondary N) is 5. The first kappa shape index (κ1) is 41.7. The van der Waals surface area contributed by atoms with Gasteiger partial charge in [-0.3, -0.25) is 28.8 Å².